The molecular formula is C24H32ClN3O2. The van der Waals surface area contributed by atoms with Crippen molar-refractivity contribution in [2.75, 3.05) is 26.2 Å². The fraction of sp³-hybridized carbons (Fsp3) is 0.500. The van der Waals surface area contributed by atoms with E-state index in [2.05, 4.69) is 41.0 Å². The maximum Gasteiger partial charge on any atom is 0.237 e. The number of hydrogen-bond acceptors (Lipinski definition) is 3. The summed E-state index contributed by atoms with van der Waals surface area (Å²) < 4.78 is 0. The predicted molar refractivity (Wildman–Crippen MR) is 123 cm³/mol. The minimum Gasteiger partial charge on any atom is -0.354 e. The van der Waals surface area contributed by atoms with Gasteiger partial charge in [0.05, 0.1) is 12.0 Å². The number of likely N-dealkylation sites (tertiary alicyclic amines) is 1. The highest BCUT2D eigenvalue weighted by molar-refractivity contribution is 5.88. The second kappa shape index (κ2) is 10.3. The summed E-state index contributed by atoms with van der Waals surface area (Å²) in [7, 11) is 0. The van der Waals surface area contributed by atoms with Gasteiger partial charge in [0.15, 0.2) is 0 Å². The van der Waals surface area contributed by atoms with Gasteiger partial charge in [-0.1, -0.05) is 42.5 Å². The molecule has 0 spiro atoms. The van der Waals surface area contributed by atoms with Crippen molar-refractivity contribution in [1.82, 2.24) is 15.5 Å². The summed E-state index contributed by atoms with van der Waals surface area (Å²) in [6.07, 6.45) is 4.05. The zero-order chi connectivity index (χ0) is 20.2. The van der Waals surface area contributed by atoms with Gasteiger partial charge in [-0.3, -0.25) is 9.59 Å². The van der Waals surface area contributed by atoms with E-state index in [-0.39, 0.29) is 36.2 Å². The van der Waals surface area contributed by atoms with E-state index < -0.39 is 0 Å². The molecule has 0 aromatic heterocycles. The Kier molecular flexibility index (Phi) is 7.73. The number of carbonyl (C=O) groups excluding carboxylic acids is 2. The highest BCUT2D eigenvalue weighted by atomic mass is 35.5. The molecule has 2 aromatic carbocycles. The van der Waals surface area contributed by atoms with Gasteiger partial charge in [-0.15, -0.1) is 12.4 Å². The van der Waals surface area contributed by atoms with Crippen LogP contribution in [0.4, 0.5) is 0 Å². The van der Waals surface area contributed by atoms with Gasteiger partial charge in [-0.05, 0) is 61.4 Å². The second-order valence-corrected chi connectivity index (χ2v) is 8.51. The number of fused-ring (bicyclic) bond motifs is 1. The fourth-order valence-corrected chi connectivity index (χ4v) is 4.60. The van der Waals surface area contributed by atoms with Crippen LogP contribution in [0.1, 0.15) is 44.1 Å². The van der Waals surface area contributed by atoms with Crippen LogP contribution < -0.4 is 10.6 Å². The molecule has 2 N–H and O–H groups in total. The van der Waals surface area contributed by atoms with Crippen molar-refractivity contribution >= 4 is 35.0 Å². The van der Waals surface area contributed by atoms with Crippen molar-refractivity contribution in [2.24, 2.45) is 5.92 Å². The van der Waals surface area contributed by atoms with E-state index in [0.717, 1.165) is 50.9 Å². The Bertz CT molecular complexity index is 882. The Morgan fingerprint density at radius 2 is 1.93 bits per heavy atom. The molecule has 2 fully saturated rings. The largest absolute Gasteiger partial charge is 0.354 e. The first-order valence-electron chi connectivity index (χ1n) is 10.9. The molecule has 2 saturated heterocycles. The van der Waals surface area contributed by atoms with E-state index >= 15 is 0 Å². The second-order valence-electron chi connectivity index (χ2n) is 8.51. The molecular weight excluding hydrogens is 398 g/mol. The lowest BCUT2D eigenvalue weighted by Gasteiger charge is -2.34. The Balaban J connectivity index is 0.00000256. The molecule has 2 heterocycles. The van der Waals surface area contributed by atoms with Gasteiger partial charge in [0.2, 0.25) is 11.8 Å². The van der Waals surface area contributed by atoms with Gasteiger partial charge in [0.1, 0.15) is 0 Å². The number of rotatable bonds is 5. The van der Waals surface area contributed by atoms with E-state index in [0.29, 0.717) is 12.5 Å². The van der Waals surface area contributed by atoms with Crippen LogP contribution >= 0.6 is 12.4 Å². The van der Waals surface area contributed by atoms with Gasteiger partial charge < -0.3 is 15.5 Å². The number of hydrogen-bond donors (Lipinski definition) is 2. The number of halogens is 1. The Morgan fingerprint density at radius 3 is 2.70 bits per heavy atom. The SMILES string of the molecule is CC(C(=O)N1CCCC(CNC(=O)C2CCCN2)C1)c1ccc2ccccc2c1.Cl. The van der Waals surface area contributed by atoms with Crippen LogP contribution in [0.15, 0.2) is 42.5 Å². The summed E-state index contributed by atoms with van der Waals surface area (Å²) in [5.74, 6) is 0.474. The molecule has 2 aliphatic heterocycles. The molecule has 0 saturated carbocycles. The molecule has 3 atom stereocenters. The molecule has 0 radical (unpaired) electrons. The number of benzene rings is 2. The molecule has 5 nitrogen and oxygen atoms in total. The van der Waals surface area contributed by atoms with Crippen LogP contribution in [0.3, 0.4) is 0 Å². The topological polar surface area (TPSA) is 61.4 Å². The van der Waals surface area contributed by atoms with E-state index in [1.54, 1.807) is 0 Å². The van der Waals surface area contributed by atoms with Gasteiger partial charge >= 0.3 is 0 Å². The lowest BCUT2D eigenvalue weighted by atomic mass is 9.93. The molecule has 2 amide bonds. The summed E-state index contributed by atoms with van der Waals surface area (Å²) in [6.45, 7) is 5.13. The van der Waals surface area contributed by atoms with Crippen LogP contribution in [0.2, 0.25) is 0 Å². The smallest absolute Gasteiger partial charge is 0.237 e. The van der Waals surface area contributed by atoms with Crippen LogP contribution in [0.5, 0.6) is 0 Å². The number of carbonyl (C=O) groups is 2. The number of amides is 2. The molecule has 4 rings (SSSR count). The lowest BCUT2D eigenvalue weighted by Crippen LogP contribution is -2.47. The first kappa shape index (κ1) is 22.6. The molecule has 30 heavy (non-hydrogen) atoms. The molecule has 2 aliphatic rings. The molecule has 6 heteroatoms. The monoisotopic (exact) mass is 429 g/mol. The van der Waals surface area contributed by atoms with Crippen LogP contribution in [-0.4, -0.2) is 48.9 Å². The summed E-state index contributed by atoms with van der Waals surface area (Å²) in [5, 5.41) is 8.70. The van der Waals surface area contributed by atoms with Crippen LogP contribution in [-0.2, 0) is 9.59 Å². The van der Waals surface area contributed by atoms with Crippen molar-refractivity contribution in [3.63, 3.8) is 0 Å². The van der Waals surface area contributed by atoms with Crippen molar-refractivity contribution in [2.45, 2.75) is 44.6 Å². The maximum absolute atomic E-state index is 13.2. The number of nitrogens with zero attached hydrogens (tertiary/aromatic N) is 1. The average molecular weight is 430 g/mol. The van der Waals surface area contributed by atoms with E-state index in [1.165, 1.54) is 10.8 Å². The first-order valence-corrected chi connectivity index (χ1v) is 10.9. The van der Waals surface area contributed by atoms with Crippen molar-refractivity contribution in [3.05, 3.63) is 48.0 Å². The highest BCUT2D eigenvalue weighted by Gasteiger charge is 2.29. The van der Waals surface area contributed by atoms with Crippen molar-refractivity contribution < 1.29 is 9.59 Å². The third-order valence-corrected chi connectivity index (χ3v) is 6.42. The van der Waals surface area contributed by atoms with E-state index in [9.17, 15) is 9.59 Å². The standard InChI is InChI=1S/C24H31N3O2.ClH/c1-17(20-11-10-19-7-2-3-8-21(19)14-20)24(29)27-13-5-6-18(16-27)15-26-23(28)22-9-4-12-25-22;/h2-3,7-8,10-11,14,17-18,22,25H,4-6,9,12-13,15-16H2,1H3,(H,26,28);1H. The summed E-state index contributed by atoms with van der Waals surface area (Å²) in [6, 6.07) is 14.5. The van der Waals surface area contributed by atoms with E-state index in [4.69, 9.17) is 0 Å². The predicted octanol–water partition coefficient (Wildman–Crippen LogP) is 3.47. The zero-order valence-corrected chi connectivity index (χ0v) is 18.4. The van der Waals surface area contributed by atoms with Gasteiger partial charge in [0.25, 0.3) is 0 Å². The van der Waals surface area contributed by atoms with Gasteiger partial charge in [-0.25, -0.2) is 0 Å². The van der Waals surface area contributed by atoms with Crippen molar-refractivity contribution in [1.29, 1.82) is 0 Å². The molecule has 0 bridgehead atoms. The molecule has 0 aliphatic carbocycles. The molecule has 3 unspecified atom stereocenters. The maximum atomic E-state index is 13.2. The Labute approximate surface area is 185 Å². The number of piperidine rings is 1. The fourth-order valence-electron chi connectivity index (χ4n) is 4.60. The third kappa shape index (κ3) is 5.13. The quantitative estimate of drug-likeness (QED) is 0.765. The van der Waals surface area contributed by atoms with Gasteiger partial charge in [-0.2, -0.15) is 0 Å². The van der Waals surface area contributed by atoms with E-state index in [1.807, 2.05) is 24.0 Å². The average Bonchev–Trinajstić information content (AvgIpc) is 3.31. The normalized spacial score (nSPS) is 22.4. The lowest BCUT2D eigenvalue weighted by molar-refractivity contribution is -0.134. The van der Waals surface area contributed by atoms with Crippen molar-refractivity contribution in [3.8, 4) is 0 Å². The summed E-state index contributed by atoms with van der Waals surface area (Å²) >= 11 is 0. The van der Waals surface area contributed by atoms with Crippen LogP contribution in [0.25, 0.3) is 10.8 Å². The summed E-state index contributed by atoms with van der Waals surface area (Å²) in [4.78, 5) is 27.4. The minimum atomic E-state index is -0.157. The first-order chi connectivity index (χ1) is 14.1. The zero-order valence-electron chi connectivity index (χ0n) is 17.6. The highest BCUT2D eigenvalue weighted by Crippen LogP contribution is 2.25. The molecule has 2 aromatic rings. The number of nitrogens with one attached hydrogen (secondary N) is 2. The molecule has 162 valence electrons. The third-order valence-electron chi connectivity index (χ3n) is 6.42. The van der Waals surface area contributed by atoms with Gasteiger partial charge in [0, 0.05) is 19.6 Å². The summed E-state index contributed by atoms with van der Waals surface area (Å²) in [5.41, 5.74) is 1.07. The minimum absolute atomic E-state index is 0. The van der Waals surface area contributed by atoms with Crippen LogP contribution in [0, 0.1) is 5.92 Å². The Morgan fingerprint density at radius 1 is 1.13 bits per heavy atom. The Hall–Kier alpha value is -2.11.